The van der Waals surface area contributed by atoms with Crippen molar-refractivity contribution >= 4 is 12.0 Å². The van der Waals surface area contributed by atoms with Crippen LogP contribution in [0, 0.1) is 6.92 Å². The Balaban J connectivity index is 1.37. The molecule has 2 amide bonds. The second kappa shape index (κ2) is 11.3. The number of hydrogen-bond donors (Lipinski definition) is 3. The summed E-state index contributed by atoms with van der Waals surface area (Å²) in [5.74, 6) is 1.08. The van der Waals surface area contributed by atoms with E-state index in [9.17, 15) is 9.59 Å². The van der Waals surface area contributed by atoms with E-state index in [1.807, 2.05) is 13.0 Å². The van der Waals surface area contributed by atoms with Gasteiger partial charge in [-0.1, -0.05) is 11.6 Å². The molecular formula is C23H38N4O4+2. The Labute approximate surface area is 185 Å². The maximum absolute atomic E-state index is 12.5. The average molecular weight is 435 g/mol. The fourth-order valence-electron chi connectivity index (χ4n) is 4.55. The zero-order valence-electron chi connectivity index (χ0n) is 19.2. The molecule has 8 heteroatoms. The molecule has 1 aromatic rings. The Bertz CT molecular complexity index is 741. The molecule has 0 atom stereocenters. The number of methoxy groups -OCH3 is 1. The van der Waals surface area contributed by atoms with Crippen LogP contribution in [0.4, 0.5) is 4.79 Å². The van der Waals surface area contributed by atoms with Crippen LogP contribution in [0.1, 0.15) is 30.9 Å². The van der Waals surface area contributed by atoms with Crippen molar-refractivity contribution in [1.82, 2.24) is 10.2 Å². The standard InChI is InChI=1S/C23H36N4O4/c1-4-31-23(29)27-9-7-20(8-10-27)24-22(28)17-26-13-11-25(12-14-26)16-19-15-18(2)5-6-21(19)30-3/h5-6,15,20H,4,7-14,16-17H2,1-3H3,(H,24,28)/p+2. The summed E-state index contributed by atoms with van der Waals surface area (Å²) >= 11 is 0. The number of ether oxygens (including phenoxy) is 2. The van der Waals surface area contributed by atoms with Crippen molar-refractivity contribution < 1.29 is 28.9 Å². The van der Waals surface area contributed by atoms with E-state index < -0.39 is 0 Å². The smallest absolute Gasteiger partial charge is 0.409 e. The van der Waals surface area contributed by atoms with Gasteiger partial charge >= 0.3 is 6.09 Å². The highest BCUT2D eigenvalue weighted by Crippen LogP contribution is 2.18. The topological polar surface area (TPSA) is 76.8 Å². The van der Waals surface area contributed by atoms with Crippen molar-refractivity contribution in [2.24, 2.45) is 0 Å². The quantitative estimate of drug-likeness (QED) is 0.516. The molecule has 0 aliphatic carbocycles. The Morgan fingerprint density at radius 3 is 2.45 bits per heavy atom. The third kappa shape index (κ3) is 6.83. The van der Waals surface area contributed by atoms with E-state index in [4.69, 9.17) is 9.47 Å². The lowest BCUT2D eigenvalue weighted by molar-refractivity contribution is -1.02. The van der Waals surface area contributed by atoms with Crippen molar-refractivity contribution in [3.63, 3.8) is 0 Å². The number of amides is 2. The molecule has 2 aliphatic rings. The minimum atomic E-state index is -0.250. The normalized spacial score (nSPS) is 22.1. The Morgan fingerprint density at radius 1 is 1.13 bits per heavy atom. The number of aryl methyl sites for hydroxylation is 1. The third-order valence-corrected chi connectivity index (χ3v) is 6.34. The number of carbonyl (C=O) groups is 2. The van der Waals surface area contributed by atoms with Crippen LogP contribution in [0.2, 0.25) is 0 Å². The molecule has 1 aromatic carbocycles. The minimum Gasteiger partial charge on any atom is -0.496 e. The van der Waals surface area contributed by atoms with Gasteiger partial charge in [-0.15, -0.1) is 0 Å². The second-order valence-electron chi connectivity index (χ2n) is 8.70. The van der Waals surface area contributed by atoms with Crippen molar-refractivity contribution in [2.75, 3.05) is 59.5 Å². The van der Waals surface area contributed by atoms with Gasteiger partial charge in [-0.25, -0.2) is 4.79 Å². The first-order valence-electron chi connectivity index (χ1n) is 11.5. The van der Waals surface area contributed by atoms with Crippen molar-refractivity contribution in [2.45, 2.75) is 39.3 Å². The Morgan fingerprint density at radius 2 is 1.81 bits per heavy atom. The molecule has 0 aromatic heterocycles. The van der Waals surface area contributed by atoms with E-state index in [1.165, 1.54) is 16.0 Å². The zero-order valence-corrected chi connectivity index (χ0v) is 19.2. The molecule has 3 N–H and O–H groups in total. The number of nitrogens with one attached hydrogen (secondary N) is 3. The number of quaternary nitrogens is 2. The largest absolute Gasteiger partial charge is 0.496 e. The number of likely N-dealkylation sites (tertiary alicyclic amines) is 1. The number of benzene rings is 1. The molecule has 0 radical (unpaired) electrons. The van der Waals surface area contributed by atoms with Gasteiger partial charge in [-0.05, 0) is 38.8 Å². The second-order valence-corrected chi connectivity index (χ2v) is 8.70. The van der Waals surface area contributed by atoms with Crippen molar-refractivity contribution in [3.05, 3.63) is 29.3 Å². The predicted octanol–water partition coefficient (Wildman–Crippen LogP) is -0.976. The summed E-state index contributed by atoms with van der Waals surface area (Å²) in [7, 11) is 1.73. The van der Waals surface area contributed by atoms with E-state index >= 15 is 0 Å². The van der Waals surface area contributed by atoms with E-state index in [0.29, 0.717) is 26.2 Å². The molecule has 31 heavy (non-hydrogen) atoms. The third-order valence-electron chi connectivity index (χ3n) is 6.34. The first-order valence-corrected chi connectivity index (χ1v) is 11.5. The predicted molar refractivity (Wildman–Crippen MR) is 117 cm³/mol. The first-order chi connectivity index (χ1) is 15.0. The number of nitrogens with zero attached hydrogens (tertiary/aromatic N) is 1. The van der Waals surface area contributed by atoms with Gasteiger partial charge in [-0.3, -0.25) is 4.79 Å². The van der Waals surface area contributed by atoms with Gasteiger partial charge in [0.1, 0.15) is 38.5 Å². The number of piperazine rings is 1. The molecule has 8 nitrogen and oxygen atoms in total. The molecule has 0 bridgehead atoms. The van der Waals surface area contributed by atoms with Crippen LogP contribution in [-0.4, -0.2) is 82.5 Å². The molecule has 2 aliphatic heterocycles. The van der Waals surface area contributed by atoms with Gasteiger partial charge in [0.25, 0.3) is 5.91 Å². The Hall–Kier alpha value is -2.32. The summed E-state index contributed by atoms with van der Waals surface area (Å²) in [6.45, 7) is 11.2. The number of hydrogen-bond acceptors (Lipinski definition) is 4. The van der Waals surface area contributed by atoms with Gasteiger partial charge in [0.05, 0.1) is 13.7 Å². The van der Waals surface area contributed by atoms with Crippen LogP contribution in [0.25, 0.3) is 0 Å². The van der Waals surface area contributed by atoms with Crippen LogP contribution >= 0.6 is 0 Å². The summed E-state index contributed by atoms with van der Waals surface area (Å²) in [5, 5.41) is 3.17. The van der Waals surface area contributed by atoms with Gasteiger partial charge in [0.2, 0.25) is 0 Å². The van der Waals surface area contributed by atoms with E-state index in [2.05, 4.69) is 24.4 Å². The average Bonchev–Trinajstić information content (AvgIpc) is 2.76. The van der Waals surface area contributed by atoms with Crippen LogP contribution in [-0.2, 0) is 16.1 Å². The molecule has 0 saturated carbocycles. The fraction of sp³-hybridized carbons (Fsp3) is 0.652. The van der Waals surface area contributed by atoms with Gasteiger partial charge in [0.15, 0.2) is 6.54 Å². The molecule has 2 fully saturated rings. The lowest BCUT2D eigenvalue weighted by Gasteiger charge is -2.32. The Kier molecular flexibility index (Phi) is 8.54. The summed E-state index contributed by atoms with van der Waals surface area (Å²) in [5.41, 5.74) is 2.51. The number of piperidine rings is 1. The lowest BCUT2D eigenvalue weighted by atomic mass is 10.1. The maximum Gasteiger partial charge on any atom is 0.409 e. The molecule has 0 spiro atoms. The summed E-state index contributed by atoms with van der Waals surface area (Å²) in [4.78, 5) is 28.9. The van der Waals surface area contributed by atoms with Gasteiger partial charge < -0.3 is 29.5 Å². The van der Waals surface area contributed by atoms with E-state index in [-0.39, 0.29) is 18.0 Å². The molecule has 2 saturated heterocycles. The van der Waals surface area contributed by atoms with Crippen LogP contribution in [0.3, 0.4) is 0 Å². The van der Waals surface area contributed by atoms with E-state index in [1.54, 1.807) is 16.9 Å². The van der Waals surface area contributed by atoms with Crippen LogP contribution in [0.5, 0.6) is 5.75 Å². The van der Waals surface area contributed by atoms with Gasteiger partial charge in [0, 0.05) is 24.7 Å². The molecular weight excluding hydrogens is 396 g/mol. The monoisotopic (exact) mass is 434 g/mol. The van der Waals surface area contributed by atoms with Crippen molar-refractivity contribution in [3.8, 4) is 5.75 Å². The molecule has 2 heterocycles. The number of carbonyl (C=O) groups excluding carboxylic acids is 2. The highest BCUT2D eigenvalue weighted by Gasteiger charge is 2.28. The van der Waals surface area contributed by atoms with E-state index in [0.717, 1.165) is 51.3 Å². The summed E-state index contributed by atoms with van der Waals surface area (Å²) in [6, 6.07) is 6.50. The zero-order chi connectivity index (χ0) is 22.2. The summed E-state index contributed by atoms with van der Waals surface area (Å²) in [6.07, 6.45) is 1.33. The highest BCUT2D eigenvalue weighted by molar-refractivity contribution is 5.77. The van der Waals surface area contributed by atoms with Crippen LogP contribution < -0.4 is 19.9 Å². The van der Waals surface area contributed by atoms with Crippen LogP contribution in [0.15, 0.2) is 18.2 Å². The van der Waals surface area contributed by atoms with Crippen molar-refractivity contribution in [1.29, 1.82) is 0 Å². The summed E-state index contributed by atoms with van der Waals surface area (Å²) < 4.78 is 10.6. The SMILES string of the molecule is CCOC(=O)N1CCC(NC(=O)C[NH+]2CC[NH+](Cc3cc(C)ccc3OC)CC2)CC1. The molecule has 3 rings (SSSR count). The highest BCUT2D eigenvalue weighted by atomic mass is 16.6. The lowest BCUT2D eigenvalue weighted by Crippen LogP contribution is -3.28. The number of rotatable bonds is 7. The first kappa shape index (κ1) is 23.3. The van der Waals surface area contributed by atoms with Gasteiger partial charge in [-0.2, -0.15) is 0 Å². The fourth-order valence-corrected chi connectivity index (χ4v) is 4.55. The molecule has 172 valence electrons. The molecule has 0 unspecified atom stereocenters. The minimum absolute atomic E-state index is 0.119. The maximum atomic E-state index is 12.5.